The van der Waals surface area contributed by atoms with Gasteiger partial charge >= 0.3 is 0 Å². The third kappa shape index (κ3) is 4.86. The first-order valence-corrected chi connectivity index (χ1v) is 10.6. The molecular formula is C19H28N2O4S. The number of hydrogen-bond donors (Lipinski definition) is 1. The van der Waals surface area contributed by atoms with Crippen molar-refractivity contribution in [2.24, 2.45) is 5.92 Å². The Morgan fingerprint density at radius 2 is 2.00 bits per heavy atom. The second kappa shape index (κ2) is 9.19. The van der Waals surface area contributed by atoms with Gasteiger partial charge in [0, 0.05) is 25.2 Å². The molecule has 7 heteroatoms. The minimum atomic E-state index is -3.69. The van der Waals surface area contributed by atoms with Gasteiger partial charge in [0.1, 0.15) is 10.6 Å². The van der Waals surface area contributed by atoms with Gasteiger partial charge in [-0.3, -0.25) is 4.79 Å². The third-order valence-corrected chi connectivity index (χ3v) is 6.48. The maximum Gasteiger partial charge on any atom is 0.246 e. The lowest BCUT2D eigenvalue weighted by Gasteiger charge is -2.21. The molecule has 1 amide bonds. The molecule has 0 radical (unpaired) electrons. The average Bonchev–Trinajstić information content (AvgIpc) is 3.10. The van der Waals surface area contributed by atoms with E-state index in [9.17, 15) is 13.2 Å². The molecule has 1 aliphatic carbocycles. The van der Waals surface area contributed by atoms with Crippen LogP contribution in [-0.2, 0) is 14.8 Å². The van der Waals surface area contributed by atoms with E-state index in [4.69, 9.17) is 4.74 Å². The lowest BCUT2D eigenvalue weighted by molar-refractivity contribution is -0.116. The molecule has 0 bridgehead atoms. The highest BCUT2D eigenvalue weighted by Crippen LogP contribution is 2.30. The van der Waals surface area contributed by atoms with Gasteiger partial charge in [0.15, 0.2) is 0 Å². The first kappa shape index (κ1) is 20.5. The molecule has 0 fully saturated rings. The van der Waals surface area contributed by atoms with Crippen LogP contribution in [0.25, 0.3) is 0 Å². The van der Waals surface area contributed by atoms with Crippen LogP contribution in [0.4, 0.5) is 5.69 Å². The Labute approximate surface area is 156 Å². The van der Waals surface area contributed by atoms with E-state index in [1.54, 1.807) is 32.9 Å². The summed E-state index contributed by atoms with van der Waals surface area (Å²) in [6.07, 6.45) is 6.55. The lowest BCUT2D eigenvalue weighted by Crippen LogP contribution is -2.31. The predicted octanol–water partition coefficient (Wildman–Crippen LogP) is 3.41. The summed E-state index contributed by atoms with van der Waals surface area (Å²) in [5, 5.41) is 2.81. The topological polar surface area (TPSA) is 75.7 Å². The minimum Gasteiger partial charge on any atom is -0.492 e. The lowest BCUT2D eigenvalue weighted by atomic mass is 10.1. The van der Waals surface area contributed by atoms with E-state index in [2.05, 4.69) is 17.5 Å². The molecule has 144 valence electrons. The average molecular weight is 381 g/mol. The van der Waals surface area contributed by atoms with Gasteiger partial charge in [-0.1, -0.05) is 26.0 Å². The molecule has 2 rings (SSSR count). The Kier molecular flexibility index (Phi) is 7.23. The van der Waals surface area contributed by atoms with E-state index in [-0.39, 0.29) is 16.7 Å². The third-order valence-electron chi connectivity index (χ3n) is 4.41. The minimum absolute atomic E-state index is 0.0848. The largest absolute Gasteiger partial charge is 0.492 e. The molecule has 0 aromatic heterocycles. The summed E-state index contributed by atoms with van der Waals surface area (Å²) < 4.78 is 32.7. The molecular weight excluding hydrogens is 352 g/mol. The van der Waals surface area contributed by atoms with Crippen LogP contribution in [0.1, 0.15) is 40.0 Å². The fourth-order valence-corrected chi connectivity index (χ4v) is 4.70. The molecule has 1 atom stereocenters. The number of carbonyl (C=O) groups is 1. The molecule has 1 aliphatic rings. The van der Waals surface area contributed by atoms with Crippen molar-refractivity contribution in [3.8, 4) is 5.75 Å². The number of ether oxygens (including phenoxy) is 1. The van der Waals surface area contributed by atoms with Crippen LogP contribution in [0.2, 0.25) is 0 Å². The number of carbonyl (C=O) groups excluding carboxylic acids is 1. The highest BCUT2D eigenvalue weighted by atomic mass is 32.2. The van der Waals surface area contributed by atoms with Crippen LogP contribution in [0.15, 0.2) is 35.2 Å². The van der Waals surface area contributed by atoms with Crippen molar-refractivity contribution in [3.05, 3.63) is 30.4 Å². The van der Waals surface area contributed by atoms with Gasteiger partial charge in [-0.25, -0.2) is 8.42 Å². The molecule has 6 nitrogen and oxygen atoms in total. The molecule has 1 N–H and O–H groups in total. The molecule has 0 heterocycles. The summed E-state index contributed by atoms with van der Waals surface area (Å²) in [6.45, 7) is 6.49. The molecule has 26 heavy (non-hydrogen) atoms. The van der Waals surface area contributed by atoms with E-state index in [1.165, 1.54) is 10.4 Å². The van der Waals surface area contributed by atoms with Crippen molar-refractivity contribution in [2.75, 3.05) is 25.0 Å². The van der Waals surface area contributed by atoms with E-state index < -0.39 is 10.0 Å². The quantitative estimate of drug-likeness (QED) is 0.666. The van der Waals surface area contributed by atoms with Crippen molar-refractivity contribution in [3.63, 3.8) is 0 Å². The summed E-state index contributed by atoms with van der Waals surface area (Å²) in [4.78, 5) is 12.3. The monoisotopic (exact) mass is 380 g/mol. The number of nitrogens with one attached hydrogen (secondary N) is 1. The van der Waals surface area contributed by atoms with Gasteiger partial charge in [-0.15, -0.1) is 0 Å². The second-order valence-corrected chi connectivity index (χ2v) is 8.11. The summed E-state index contributed by atoms with van der Waals surface area (Å²) in [5.41, 5.74) is 0.464. The first-order chi connectivity index (χ1) is 12.4. The van der Waals surface area contributed by atoms with Crippen LogP contribution >= 0.6 is 0 Å². The maximum absolute atomic E-state index is 12.9. The predicted molar refractivity (Wildman–Crippen MR) is 103 cm³/mol. The molecule has 1 aromatic rings. The first-order valence-electron chi connectivity index (χ1n) is 9.15. The normalized spacial score (nSPS) is 16.8. The summed E-state index contributed by atoms with van der Waals surface area (Å²) in [5.74, 6) is 0.449. The molecule has 0 saturated heterocycles. The number of benzene rings is 1. The zero-order valence-electron chi connectivity index (χ0n) is 15.7. The summed E-state index contributed by atoms with van der Waals surface area (Å²) >= 11 is 0. The zero-order valence-corrected chi connectivity index (χ0v) is 16.5. The number of nitrogens with zero attached hydrogens (tertiary/aromatic N) is 1. The van der Waals surface area contributed by atoms with E-state index >= 15 is 0 Å². The number of rotatable bonds is 9. The van der Waals surface area contributed by atoms with E-state index in [0.29, 0.717) is 37.6 Å². The molecule has 0 aliphatic heterocycles. The maximum atomic E-state index is 12.9. The van der Waals surface area contributed by atoms with Gasteiger partial charge in [0.25, 0.3) is 0 Å². The van der Waals surface area contributed by atoms with Crippen molar-refractivity contribution in [1.29, 1.82) is 0 Å². The van der Waals surface area contributed by atoms with Crippen LogP contribution in [-0.4, -0.2) is 38.3 Å². The van der Waals surface area contributed by atoms with Gasteiger partial charge in [0.05, 0.1) is 6.61 Å². The van der Waals surface area contributed by atoms with Gasteiger partial charge in [0.2, 0.25) is 15.9 Å². The summed E-state index contributed by atoms with van der Waals surface area (Å²) in [7, 11) is -3.69. The Balaban J connectivity index is 2.26. The molecule has 1 unspecified atom stereocenters. The molecule has 0 saturated carbocycles. The highest BCUT2D eigenvalue weighted by Gasteiger charge is 2.26. The smallest absolute Gasteiger partial charge is 0.246 e. The van der Waals surface area contributed by atoms with Gasteiger partial charge in [-0.05, 0) is 43.9 Å². The van der Waals surface area contributed by atoms with Crippen molar-refractivity contribution in [1.82, 2.24) is 4.31 Å². The molecule has 0 spiro atoms. The van der Waals surface area contributed by atoms with E-state index in [0.717, 1.165) is 12.8 Å². The summed E-state index contributed by atoms with van der Waals surface area (Å²) in [6, 6.07) is 4.76. The fraction of sp³-hybridized carbons (Fsp3) is 0.526. The Hall–Kier alpha value is -1.86. The van der Waals surface area contributed by atoms with Crippen molar-refractivity contribution >= 4 is 21.6 Å². The van der Waals surface area contributed by atoms with Crippen LogP contribution in [0, 0.1) is 5.92 Å². The van der Waals surface area contributed by atoms with Crippen molar-refractivity contribution < 1.29 is 17.9 Å². The van der Waals surface area contributed by atoms with Crippen molar-refractivity contribution in [2.45, 2.75) is 44.9 Å². The van der Waals surface area contributed by atoms with Crippen LogP contribution < -0.4 is 10.1 Å². The highest BCUT2D eigenvalue weighted by molar-refractivity contribution is 7.89. The zero-order chi connectivity index (χ0) is 19.2. The Bertz CT molecular complexity index is 755. The van der Waals surface area contributed by atoms with Gasteiger partial charge < -0.3 is 10.1 Å². The standard InChI is InChI=1S/C19H28N2O4S/c1-4-21(5-2)26(23,24)18-14-16(11-12-17(18)25-6-3)20-19(22)13-15-9-7-8-10-15/h7,9,11-12,14-15H,4-6,8,10,13H2,1-3H3,(H,20,22). The molecule has 1 aromatic carbocycles. The number of anilines is 1. The number of sulfonamides is 1. The van der Waals surface area contributed by atoms with Gasteiger partial charge in [-0.2, -0.15) is 4.31 Å². The number of allylic oxidation sites excluding steroid dienone is 2. The van der Waals surface area contributed by atoms with Crippen LogP contribution in [0.3, 0.4) is 0 Å². The fourth-order valence-electron chi connectivity index (χ4n) is 3.08. The van der Waals surface area contributed by atoms with E-state index in [1.807, 2.05) is 0 Å². The SMILES string of the molecule is CCOc1ccc(NC(=O)CC2C=CCC2)cc1S(=O)(=O)N(CC)CC. The number of hydrogen-bond acceptors (Lipinski definition) is 4. The Morgan fingerprint density at radius 3 is 2.58 bits per heavy atom. The number of amides is 1. The second-order valence-electron chi connectivity index (χ2n) is 6.20. The van der Waals surface area contributed by atoms with Crippen LogP contribution in [0.5, 0.6) is 5.75 Å². The Morgan fingerprint density at radius 1 is 1.27 bits per heavy atom.